The molecule has 4 aromatic rings. The molecule has 0 saturated carbocycles. The van der Waals surface area contributed by atoms with Crippen molar-refractivity contribution in [2.24, 2.45) is 14.1 Å². The average Bonchev–Trinajstić information content (AvgIpc) is 3.07. The van der Waals surface area contributed by atoms with Crippen molar-refractivity contribution >= 4 is 11.0 Å². The van der Waals surface area contributed by atoms with Crippen molar-refractivity contribution in [1.29, 1.82) is 0 Å². The van der Waals surface area contributed by atoms with Crippen molar-refractivity contribution in [3.05, 3.63) is 87.1 Å². The Morgan fingerprint density at radius 1 is 0.808 bits per heavy atom. The fourth-order valence-corrected chi connectivity index (χ4v) is 3.32. The van der Waals surface area contributed by atoms with Crippen LogP contribution in [0, 0.1) is 6.92 Å². The van der Waals surface area contributed by atoms with Crippen LogP contribution < -0.4 is 11.2 Å². The fourth-order valence-electron chi connectivity index (χ4n) is 3.32. The van der Waals surface area contributed by atoms with Crippen LogP contribution in [0.2, 0.25) is 0 Å². The summed E-state index contributed by atoms with van der Waals surface area (Å²) < 4.78 is 4.61. The van der Waals surface area contributed by atoms with E-state index in [4.69, 9.17) is 0 Å². The molecule has 2 aromatic heterocycles. The molecule has 0 aliphatic carbocycles. The Morgan fingerprint density at radius 3 is 2.12 bits per heavy atom. The van der Waals surface area contributed by atoms with Gasteiger partial charge in [-0.2, -0.15) is 0 Å². The summed E-state index contributed by atoms with van der Waals surface area (Å²) in [6, 6.07) is 19.8. The number of nitrogens with zero attached hydrogens (tertiary/aromatic N) is 3. The maximum Gasteiger partial charge on any atom is 0.331 e. The van der Waals surface area contributed by atoms with Gasteiger partial charge in [0.1, 0.15) is 5.52 Å². The molecule has 26 heavy (non-hydrogen) atoms. The molecule has 2 aromatic carbocycles. The summed E-state index contributed by atoms with van der Waals surface area (Å²) in [5, 5.41) is 0. The van der Waals surface area contributed by atoms with Gasteiger partial charge in [0.2, 0.25) is 0 Å². The first-order chi connectivity index (χ1) is 12.5. The molecule has 0 unspecified atom stereocenters. The van der Waals surface area contributed by atoms with E-state index in [1.165, 1.54) is 11.6 Å². The third-order valence-corrected chi connectivity index (χ3v) is 4.78. The average molecular weight is 345 g/mol. The molecule has 130 valence electrons. The van der Waals surface area contributed by atoms with Gasteiger partial charge < -0.3 is 4.57 Å². The van der Waals surface area contributed by atoms with Crippen LogP contribution in [0.5, 0.6) is 0 Å². The zero-order valence-electron chi connectivity index (χ0n) is 14.9. The molecule has 0 radical (unpaired) electrons. The van der Waals surface area contributed by atoms with E-state index in [0.717, 1.165) is 27.1 Å². The van der Waals surface area contributed by atoms with Crippen LogP contribution in [0.1, 0.15) is 5.56 Å². The van der Waals surface area contributed by atoms with Crippen molar-refractivity contribution in [3.8, 4) is 16.9 Å². The van der Waals surface area contributed by atoms with Crippen LogP contribution in [0.15, 0.2) is 70.3 Å². The molecule has 0 spiro atoms. The molecule has 0 N–H and O–H groups in total. The summed E-state index contributed by atoms with van der Waals surface area (Å²) in [6.45, 7) is 2.03. The van der Waals surface area contributed by atoms with Crippen molar-refractivity contribution in [2.45, 2.75) is 6.92 Å². The quantitative estimate of drug-likeness (QED) is 0.561. The second-order valence-electron chi connectivity index (χ2n) is 6.51. The minimum atomic E-state index is -0.330. The normalized spacial score (nSPS) is 11.2. The molecule has 0 saturated heterocycles. The highest BCUT2D eigenvalue weighted by Crippen LogP contribution is 2.29. The van der Waals surface area contributed by atoms with Crippen LogP contribution >= 0.6 is 0 Å². The lowest BCUT2D eigenvalue weighted by atomic mass is 10.1. The third-order valence-electron chi connectivity index (χ3n) is 4.78. The summed E-state index contributed by atoms with van der Waals surface area (Å²) in [5.41, 5.74) is 4.39. The van der Waals surface area contributed by atoms with E-state index in [-0.39, 0.29) is 11.2 Å². The summed E-state index contributed by atoms with van der Waals surface area (Å²) in [4.78, 5) is 25.3. The number of hydrogen-bond acceptors (Lipinski definition) is 2. The minimum absolute atomic E-state index is 0.300. The van der Waals surface area contributed by atoms with Crippen LogP contribution in [0.3, 0.4) is 0 Å². The van der Waals surface area contributed by atoms with E-state index in [2.05, 4.69) is 0 Å². The van der Waals surface area contributed by atoms with E-state index >= 15 is 0 Å². The van der Waals surface area contributed by atoms with Gasteiger partial charge in [-0.25, -0.2) is 4.79 Å². The van der Waals surface area contributed by atoms with Crippen molar-refractivity contribution in [2.75, 3.05) is 0 Å². The lowest BCUT2D eigenvalue weighted by Gasteiger charge is -2.12. The van der Waals surface area contributed by atoms with Gasteiger partial charge in [0.05, 0.1) is 11.2 Å². The standard InChI is InChI=1S/C21H19N3O2/c1-14-9-11-16(12-10-14)24-17(15-7-5-4-6-8-15)13-18-19(24)20(25)23(3)21(26)22(18)2/h4-13H,1-3H3. The molecule has 0 bridgehead atoms. The zero-order chi connectivity index (χ0) is 18.4. The Labute approximate surface area is 150 Å². The number of rotatable bonds is 2. The lowest BCUT2D eigenvalue weighted by Crippen LogP contribution is -2.37. The molecule has 0 amide bonds. The van der Waals surface area contributed by atoms with Crippen molar-refractivity contribution in [1.82, 2.24) is 13.7 Å². The van der Waals surface area contributed by atoms with Gasteiger partial charge in [-0.05, 0) is 30.7 Å². The maximum absolute atomic E-state index is 12.9. The van der Waals surface area contributed by atoms with E-state index in [0.29, 0.717) is 11.0 Å². The van der Waals surface area contributed by atoms with Gasteiger partial charge in [0, 0.05) is 19.8 Å². The first-order valence-electron chi connectivity index (χ1n) is 8.43. The first kappa shape index (κ1) is 16.1. The Balaban J connectivity index is 2.21. The summed E-state index contributed by atoms with van der Waals surface area (Å²) >= 11 is 0. The molecule has 2 heterocycles. The highest BCUT2D eigenvalue weighted by Gasteiger charge is 2.19. The second kappa shape index (κ2) is 5.88. The molecule has 5 nitrogen and oxygen atoms in total. The predicted molar refractivity (Wildman–Crippen MR) is 104 cm³/mol. The van der Waals surface area contributed by atoms with Crippen LogP contribution in [-0.4, -0.2) is 13.7 Å². The van der Waals surface area contributed by atoms with Gasteiger partial charge in [-0.15, -0.1) is 0 Å². The zero-order valence-corrected chi connectivity index (χ0v) is 14.9. The highest BCUT2D eigenvalue weighted by molar-refractivity contribution is 5.86. The Morgan fingerprint density at radius 2 is 1.46 bits per heavy atom. The van der Waals surface area contributed by atoms with Gasteiger partial charge in [0.15, 0.2) is 0 Å². The SMILES string of the molecule is Cc1ccc(-n2c(-c3ccccc3)cc3c2c(=O)n(C)c(=O)n3C)cc1. The fraction of sp³-hybridized carbons (Fsp3) is 0.143. The van der Waals surface area contributed by atoms with E-state index in [1.54, 1.807) is 7.05 Å². The second-order valence-corrected chi connectivity index (χ2v) is 6.51. The number of benzene rings is 2. The maximum atomic E-state index is 12.9. The van der Waals surface area contributed by atoms with E-state index in [9.17, 15) is 9.59 Å². The van der Waals surface area contributed by atoms with Crippen LogP contribution in [0.25, 0.3) is 28.0 Å². The molecule has 0 fully saturated rings. The molecular formula is C21H19N3O2. The van der Waals surface area contributed by atoms with Gasteiger partial charge in [-0.1, -0.05) is 48.0 Å². The minimum Gasteiger partial charge on any atom is -0.303 e. The number of fused-ring (bicyclic) bond motifs is 1. The Kier molecular flexibility index (Phi) is 3.65. The molecule has 0 aliphatic heterocycles. The smallest absolute Gasteiger partial charge is 0.303 e. The van der Waals surface area contributed by atoms with Crippen LogP contribution in [-0.2, 0) is 14.1 Å². The monoisotopic (exact) mass is 345 g/mol. The van der Waals surface area contributed by atoms with Gasteiger partial charge in [-0.3, -0.25) is 13.9 Å². The summed E-state index contributed by atoms with van der Waals surface area (Å²) in [5.74, 6) is 0. The summed E-state index contributed by atoms with van der Waals surface area (Å²) in [7, 11) is 3.21. The Bertz CT molecular complexity index is 1230. The molecule has 4 rings (SSSR count). The summed E-state index contributed by atoms with van der Waals surface area (Å²) in [6.07, 6.45) is 0. The topological polar surface area (TPSA) is 48.9 Å². The number of hydrogen-bond donors (Lipinski definition) is 0. The molecule has 0 aliphatic rings. The number of aromatic nitrogens is 3. The lowest BCUT2D eigenvalue weighted by molar-refractivity contribution is 0.711. The van der Waals surface area contributed by atoms with Crippen molar-refractivity contribution < 1.29 is 0 Å². The molecule has 0 atom stereocenters. The largest absolute Gasteiger partial charge is 0.331 e. The molecular weight excluding hydrogens is 326 g/mol. The highest BCUT2D eigenvalue weighted by atomic mass is 16.2. The van der Waals surface area contributed by atoms with E-state index < -0.39 is 0 Å². The predicted octanol–water partition coefficient (Wildman–Crippen LogP) is 3.00. The van der Waals surface area contributed by atoms with Gasteiger partial charge >= 0.3 is 5.69 Å². The van der Waals surface area contributed by atoms with Crippen LogP contribution in [0.4, 0.5) is 0 Å². The molecule has 5 heteroatoms. The Hall–Kier alpha value is -3.34. The van der Waals surface area contributed by atoms with E-state index in [1.807, 2.05) is 72.2 Å². The first-order valence-corrected chi connectivity index (χ1v) is 8.43. The third kappa shape index (κ3) is 2.32. The van der Waals surface area contributed by atoms with Gasteiger partial charge in [0.25, 0.3) is 5.56 Å². The number of aryl methyl sites for hydroxylation is 2. The van der Waals surface area contributed by atoms with Crippen molar-refractivity contribution in [3.63, 3.8) is 0 Å².